The molecule has 2 aliphatic rings. The fourth-order valence-electron chi connectivity index (χ4n) is 3.41. The number of hydrogen-bond donors (Lipinski definition) is 1. The van der Waals surface area contributed by atoms with Crippen LogP contribution in [0.25, 0.3) is 11.6 Å². The van der Waals surface area contributed by atoms with Gasteiger partial charge in [0.15, 0.2) is 5.69 Å². The van der Waals surface area contributed by atoms with E-state index < -0.39 is 23.7 Å². The van der Waals surface area contributed by atoms with Crippen molar-refractivity contribution in [3.63, 3.8) is 0 Å². The predicted molar refractivity (Wildman–Crippen MR) is 86.3 cm³/mol. The summed E-state index contributed by atoms with van der Waals surface area (Å²) >= 11 is 0. The molecule has 1 unspecified atom stereocenters. The van der Waals surface area contributed by atoms with Gasteiger partial charge in [-0.15, -0.1) is 10.2 Å². The van der Waals surface area contributed by atoms with Gasteiger partial charge in [-0.2, -0.15) is 13.2 Å². The summed E-state index contributed by atoms with van der Waals surface area (Å²) in [5.41, 5.74) is 4.65. The second kappa shape index (κ2) is 6.14. The number of ether oxygens (including phenoxy) is 1. The SMILES string of the molecule is C[C@@H]1CCCCC2C[C@H]2c2nnc(o2)-c2nc(c(C(F)(F)F)cc2N)O1. The largest absolute Gasteiger partial charge is 0.474 e. The summed E-state index contributed by atoms with van der Waals surface area (Å²) in [5.74, 6) is 0.764. The Bertz CT molecular complexity index is 821. The van der Waals surface area contributed by atoms with Crippen molar-refractivity contribution in [2.45, 2.75) is 57.2 Å². The minimum atomic E-state index is -4.62. The van der Waals surface area contributed by atoms with Crippen LogP contribution >= 0.6 is 0 Å². The number of aromatic nitrogens is 3. The van der Waals surface area contributed by atoms with Crippen LogP contribution in [0.1, 0.15) is 56.4 Å². The van der Waals surface area contributed by atoms with Crippen LogP contribution in [-0.4, -0.2) is 21.3 Å². The summed E-state index contributed by atoms with van der Waals surface area (Å²) in [4.78, 5) is 4.00. The van der Waals surface area contributed by atoms with Crippen molar-refractivity contribution in [2.24, 2.45) is 5.92 Å². The number of nitrogens with two attached hydrogens (primary N) is 1. The average Bonchev–Trinajstić information content (AvgIpc) is 3.17. The van der Waals surface area contributed by atoms with Crippen molar-refractivity contribution in [3.8, 4) is 17.5 Å². The third kappa shape index (κ3) is 3.22. The summed E-state index contributed by atoms with van der Waals surface area (Å²) in [6.45, 7) is 1.74. The molecule has 0 radical (unpaired) electrons. The number of fused-ring (bicyclic) bond motifs is 7. The summed E-state index contributed by atoms with van der Waals surface area (Å²) in [7, 11) is 0. The van der Waals surface area contributed by atoms with Gasteiger partial charge < -0.3 is 14.9 Å². The molecular weight excluding hydrogens is 349 g/mol. The van der Waals surface area contributed by atoms with Gasteiger partial charge in [-0.05, 0) is 44.6 Å². The lowest BCUT2D eigenvalue weighted by atomic mass is 10.1. The molecule has 26 heavy (non-hydrogen) atoms. The maximum absolute atomic E-state index is 13.4. The smallest absolute Gasteiger partial charge is 0.421 e. The molecular formula is C17H19F3N4O2. The van der Waals surface area contributed by atoms with Crippen LogP contribution in [-0.2, 0) is 6.18 Å². The molecule has 9 heteroatoms. The number of nitrogen functional groups attached to an aromatic ring is 1. The zero-order valence-corrected chi connectivity index (χ0v) is 14.2. The quantitative estimate of drug-likeness (QED) is 0.751. The van der Waals surface area contributed by atoms with Gasteiger partial charge in [0.25, 0.3) is 5.89 Å². The molecule has 2 aromatic heterocycles. The lowest BCUT2D eigenvalue weighted by Gasteiger charge is -2.19. The Morgan fingerprint density at radius 3 is 2.73 bits per heavy atom. The van der Waals surface area contributed by atoms with E-state index in [1.165, 1.54) is 0 Å². The van der Waals surface area contributed by atoms with Gasteiger partial charge >= 0.3 is 6.18 Å². The Kier molecular flexibility index (Phi) is 4.04. The topological polar surface area (TPSA) is 87.1 Å². The standard InChI is InChI=1S/C17H19F3N4O2/c1-8-4-2-3-5-9-6-10(9)14-23-24-16(26-14)13-12(21)7-11(17(18,19)20)15(22-13)25-8/h7-10H,2-6,21H2,1H3/t8-,9?,10-/m1/s1. The van der Waals surface area contributed by atoms with E-state index in [0.29, 0.717) is 18.2 Å². The van der Waals surface area contributed by atoms with Crippen molar-refractivity contribution in [1.82, 2.24) is 15.2 Å². The van der Waals surface area contributed by atoms with E-state index in [4.69, 9.17) is 14.9 Å². The minimum absolute atomic E-state index is 0.0198. The maximum Gasteiger partial charge on any atom is 0.421 e. The fourth-order valence-corrected chi connectivity index (χ4v) is 3.41. The molecule has 1 aliphatic carbocycles. The first-order valence-electron chi connectivity index (χ1n) is 8.71. The molecule has 0 saturated heterocycles. The number of halogens is 3. The van der Waals surface area contributed by atoms with Gasteiger partial charge in [0.1, 0.15) is 5.56 Å². The first kappa shape index (κ1) is 17.1. The number of pyridine rings is 1. The normalized spacial score (nSPS) is 25.8. The van der Waals surface area contributed by atoms with Crippen LogP contribution in [0.15, 0.2) is 10.5 Å². The highest BCUT2D eigenvalue weighted by atomic mass is 19.4. The summed E-state index contributed by atoms with van der Waals surface area (Å²) < 4.78 is 51.3. The van der Waals surface area contributed by atoms with E-state index in [2.05, 4.69) is 15.2 Å². The fraction of sp³-hybridized carbons (Fsp3) is 0.588. The number of hydrogen-bond acceptors (Lipinski definition) is 6. The first-order chi connectivity index (χ1) is 12.3. The zero-order chi connectivity index (χ0) is 18.5. The Hall–Kier alpha value is -2.32. The van der Waals surface area contributed by atoms with Crippen molar-refractivity contribution < 1.29 is 22.3 Å². The van der Waals surface area contributed by atoms with Crippen molar-refractivity contribution >= 4 is 5.69 Å². The highest BCUT2D eigenvalue weighted by Crippen LogP contribution is 2.50. The predicted octanol–water partition coefficient (Wildman–Crippen LogP) is 4.18. The summed E-state index contributed by atoms with van der Waals surface area (Å²) in [6, 6.07) is 0.819. The van der Waals surface area contributed by atoms with E-state index in [1.54, 1.807) is 6.92 Å². The second-order valence-electron chi connectivity index (χ2n) is 7.04. The van der Waals surface area contributed by atoms with E-state index in [1.807, 2.05) is 0 Å². The molecule has 4 rings (SSSR count). The Morgan fingerprint density at radius 1 is 1.19 bits per heavy atom. The number of anilines is 1. The molecule has 0 spiro atoms. The van der Waals surface area contributed by atoms with Gasteiger partial charge in [0.2, 0.25) is 11.8 Å². The van der Waals surface area contributed by atoms with E-state index in [-0.39, 0.29) is 23.2 Å². The number of rotatable bonds is 0. The van der Waals surface area contributed by atoms with Crippen LogP contribution in [0.5, 0.6) is 5.88 Å². The Balaban J connectivity index is 1.79. The molecule has 4 bridgehead atoms. The van der Waals surface area contributed by atoms with Crippen molar-refractivity contribution in [3.05, 3.63) is 17.5 Å². The Morgan fingerprint density at radius 2 is 1.96 bits per heavy atom. The van der Waals surface area contributed by atoms with E-state index in [0.717, 1.165) is 31.7 Å². The molecule has 1 aliphatic heterocycles. The van der Waals surface area contributed by atoms with Crippen LogP contribution in [0.2, 0.25) is 0 Å². The molecule has 3 heterocycles. The maximum atomic E-state index is 13.4. The molecule has 0 amide bonds. The summed E-state index contributed by atoms with van der Waals surface area (Å²) in [5, 5.41) is 7.97. The molecule has 2 N–H and O–H groups in total. The first-order valence-corrected chi connectivity index (χ1v) is 8.71. The third-order valence-electron chi connectivity index (χ3n) is 4.95. The van der Waals surface area contributed by atoms with Crippen molar-refractivity contribution in [1.29, 1.82) is 0 Å². The lowest BCUT2D eigenvalue weighted by molar-refractivity contribution is -0.139. The van der Waals surface area contributed by atoms with E-state index >= 15 is 0 Å². The monoisotopic (exact) mass is 368 g/mol. The molecule has 140 valence electrons. The molecule has 0 aromatic carbocycles. The van der Waals surface area contributed by atoms with Gasteiger partial charge in [-0.25, -0.2) is 4.98 Å². The molecule has 6 nitrogen and oxygen atoms in total. The molecule has 2 aromatic rings. The second-order valence-corrected chi connectivity index (χ2v) is 7.04. The average molecular weight is 368 g/mol. The van der Waals surface area contributed by atoms with E-state index in [9.17, 15) is 13.2 Å². The summed E-state index contributed by atoms with van der Waals surface area (Å²) in [6.07, 6.45) is -0.457. The minimum Gasteiger partial charge on any atom is -0.474 e. The highest BCUT2D eigenvalue weighted by Gasteiger charge is 2.42. The molecule has 1 fully saturated rings. The van der Waals surface area contributed by atoms with Gasteiger partial charge in [-0.3, -0.25) is 0 Å². The molecule has 1 saturated carbocycles. The number of alkyl halides is 3. The highest BCUT2D eigenvalue weighted by molar-refractivity contribution is 5.68. The zero-order valence-electron chi connectivity index (χ0n) is 14.2. The number of nitrogens with zero attached hydrogens (tertiary/aromatic N) is 3. The van der Waals surface area contributed by atoms with Crippen LogP contribution in [0.4, 0.5) is 18.9 Å². The van der Waals surface area contributed by atoms with Crippen LogP contribution < -0.4 is 10.5 Å². The van der Waals surface area contributed by atoms with Gasteiger partial charge in [-0.1, -0.05) is 6.42 Å². The Labute approximate surface area is 147 Å². The third-order valence-corrected chi connectivity index (χ3v) is 4.95. The van der Waals surface area contributed by atoms with Crippen LogP contribution in [0, 0.1) is 5.92 Å². The van der Waals surface area contributed by atoms with Gasteiger partial charge in [0, 0.05) is 5.92 Å². The lowest BCUT2D eigenvalue weighted by Crippen LogP contribution is -2.18. The van der Waals surface area contributed by atoms with Crippen molar-refractivity contribution in [2.75, 3.05) is 5.73 Å². The van der Waals surface area contributed by atoms with Gasteiger partial charge in [0.05, 0.1) is 11.8 Å². The van der Waals surface area contributed by atoms with Crippen LogP contribution in [0.3, 0.4) is 0 Å². The molecule has 3 atom stereocenters.